The van der Waals surface area contributed by atoms with Gasteiger partial charge in [0.25, 0.3) is 5.91 Å². The van der Waals surface area contributed by atoms with Crippen molar-refractivity contribution in [2.24, 2.45) is 5.92 Å². The van der Waals surface area contributed by atoms with Gasteiger partial charge in [0.2, 0.25) is 0 Å². The molecule has 1 aromatic carbocycles. The molecule has 26 heavy (non-hydrogen) atoms. The van der Waals surface area contributed by atoms with Crippen molar-refractivity contribution in [2.45, 2.75) is 19.8 Å². The molecule has 0 bridgehead atoms. The van der Waals surface area contributed by atoms with Gasteiger partial charge in [0.15, 0.2) is 0 Å². The third-order valence-corrected chi connectivity index (χ3v) is 4.75. The van der Waals surface area contributed by atoms with Crippen molar-refractivity contribution in [1.29, 1.82) is 0 Å². The molecule has 6 heteroatoms. The van der Waals surface area contributed by atoms with Crippen LogP contribution in [0.1, 0.15) is 30.3 Å². The topological polar surface area (TPSA) is 71.0 Å². The predicted molar refractivity (Wildman–Crippen MR) is 102 cm³/mol. The maximum atomic E-state index is 12.7. The highest BCUT2D eigenvalue weighted by Gasteiger charge is 2.19. The minimum atomic E-state index is -0.253. The zero-order valence-corrected chi connectivity index (χ0v) is 14.7. The number of pyridine rings is 1. The molecule has 6 nitrogen and oxygen atoms in total. The van der Waals surface area contributed by atoms with E-state index in [2.05, 4.69) is 32.1 Å². The number of piperidine rings is 1. The number of hydrogen-bond acceptors (Lipinski definition) is 5. The maximum Gasteiger partial charge on any atom is 0.274 e. The number of rotatable bonds is 3. The Hall–Kier alpha value is -3.02. The Kier molecular flexibility index (Phi) is 4.48. The monoisotopic (exact) mass is 347 g/mol. The molecule has 4 rings (SSSR count). The minimum absolute atomic E-state index is 0.253. The SMILES string of the molecule is CC1CCCN(c2cc(C(=O)Nc3cccc4cccnc34)ncn2)C1. The van der Waals surface area contributed by atoms with Crippen molar-refractivity contribution in [3.8, 4) is 0 Å². The van der Waals surface area contributed by atoms with Crippen LogP contribution in [0, 0.1) is 5.92 Å². The number of amides is 1. The summed E-state index contributed by atoms with van der Waals surface area (Å²) in [4.78, 5) is 27.8. The summed E-state index contributed by atoms with van der Waals surface area (Å²) >= 11 is 0. The molecule has 3 heterocycles. The van der Waals surface area contributed by atoms with Crippen molar-refractivity contribution in [3.05, 3.63) is 54.6 Å². The van der Waals surface area contributed by atoms with Gasteiger partial charge in [0.05, 0.1) is 11.2 Å². The second-order valence-corrected chi connectivity index (χ2v) is 6.79. The number of fused-ring (bicyclic) bond motifs is 1. The Morgan fingerprint density at radius 2 is 2.08 bits per heavy atom. The largest absolute Gasteiger partial charge is 0.356 e. The van der Waals surface area contributed by atoms with Gasteiger partial charge in [-0.2, -0.15) is 0 Å². The van der Waals surface area contributed by atoms with Crippen LogP contribution >= 0.6 is 0 Å². The van der Waals surface area contributed by atoms with Crippen LogP contribution in [-0.4, -0.2) is 33.9 Å². The van der Waals surface area contributed by atoms with Crippen LogP contribution in [-0.2, 0) is 0 Å². The summed E-state index contributed by atoms with van der Waals surface area (Å²) < 4.78 is 0. The molecule has 1 atom stereocenters. The minimum Gasteiger partial charge on any atom is -0.356 e. The van der Waals surface area contributed by atoms with Gasteiger partial charge in [0.1, 0.15) is 17.8 Å². The number of hydrogen-bond donors (Lipinski definition) is 1. The summed E-state index contributed by atoms with van der Waals surface area (Å²) in [5.41, 5.74) is 1.81. The molecule has 1 amide bonds. The van der Waals surface area contributed by atoms with E-state index in [0.29, 0.717) is 17.3 Å². The van der Waals surface area contributed by atoms with Gasteiger partial charge >= 0.3 is 0 Å². The van der Waals surface area contributed by atoms with E-state index in [0.717, 1.165) is 36.2 Å². The Bertz CT molecular complexity index is 937. The van der Waals surface area contributed by atoms with Crippen LogP contribution in [0.2, 0.25) is 0 Å². The lowest BCUT2D eigenvalue weighted by Crippen LogP contribution is -2.35. The molecule has 1 unspecified atom stereocenters. The molecular formula is C20H21N5O. The highest BCUT2D eigenvalue weighted by Crippen LogP contribution is 2.23. The van der Waals surface area contributed by atoms with E-state index in [9.17, 15) is 4.79 Å². The highest BCUT2D eigenvalue weighted by atomic mass is 16.1. The fraction of sp³-hybridized carbons (Fsp3) is 0.300. The normalized spacial score (nSPS) is 17.3. The van der Waals surface area contributed by atoms with Crippen LogP contribution in [0.5, 0.6) is 0 Å². The molecule has 0 aliphatic carbocycles. The predicted octanol–water partition coefficient (Wildman–Crippen LogP) is 3.51. The maximum absolute atomic E-state index is 12.7. The van der Waals surface area contributed by atoms with E-state index in [1.54, 1.807) is 12.3 Å². The molecule has 3 aromatic rings. The summed E-state index contributed by atoms with van der Waals surface area (Å²) in [7, 11) is 0. The quantitative estimate of drug-likeness (QED) is 0.785. The fourth-order valence-electron chi connectivity index (χ4n) is 3.43. The molecule has 1 saturated heterocycles. The fourth-order valence-corrected chi connectivity index (χ4v) is 3.43. The lowest BCUT2D eigenvalue weighted by Gasteiger charge is -2.31. The average Bonchev–Trinajstić information content (AvgIpc) is 2.68. The van der Waals surface area contributed by atoms with Gasteiger partial charge < -0.3 is 10.2 Å². The molecule has 1 aliphatic rings. The zero-order valence-electron chi connectivity index (χ0n) is 14.7. The molecule has 2 aromatic heterocycles. The Morgan fingerprint density at radius 1 is 1.19 bits per heavy atom. The van der Waals surface area contributed by atoms with Gasteiger partial charge in [-0.3, -0.25) is 9.78 Å². The van der Waals surface area contributed by atoms with Crippen LogP contribution < -0.4 is 10.2 Å². The van der Waals surface area contributed by atoms with Crippen LogP contribution in [0.3, 0.4) is 0 Å². The van der Waals surface area contributed by atoms with Gasteiger partial charge in [-0.25, -0.2) is 9.97 Å². The molecule has 1 fully saturated rings. The standard InChI is InChI=1S/C20H21N5O/c1-14-5-4-10-25(12-14)18-11-17(22-13-23-18)20(26)24-16-8-2-6-15-7-3-9-21-19(15)16/h2-3,6-9,11,13-14H,4-5,10,12H2,1H3,(H,24,26). The number of nitrogens with zero attached hydrogens (tertiary/aromatic N) is 4. The number of para-hydroxylation sites is 1. The summed E-state index contributed by atoms with van der Waals surface area (Å²) in [5.74, 6) is 1.20. The van der Waals surface area contributed by atoms with E-state index < -0.39 is 0 Å². The number of carbonyl (C=O) groups excluding carboxylic acids is 1. The lowest BCUT2D eigenvalue weighted by atomic mass is 10.0. The van der Waals surface area contributed by atoms with E-state index in [4.69, 9.17) is 0 Å². The molecule has 0 saturated carbocycles. The first-order valence-electron chi connectivity index (χ1n) is 8.93. The Morgan fingerprint density at radius 3 is 2.96 bits per heavy atom. The molecule has 0 spiro atoms. The van der Waals surface area contributed by atoms with E-state index in [-0.39, 0.29) is 5.91 Å². The van der Waals surface area contributed by atoms with Gasteiger partial charge in [-0.15, -0.1) is 0 Å². The van der Waals surface area contributed by atoms with Crippen molar-refractivity contribution in [2.75, 3.05) is 23.3 Å². The first kappa shape index (κ1) is 16.4. The van der Waals surface area contributed by atoms with Crippen molar-refractivity contribution < 1.29 is 4.79 Å². The summed E-state index contributed by atoms with van der Waals surface area (Å²) in [6.07, 6.45) is 5.57. The van der Waals surface area contributed by atoms with E-state index >= 15 is 0 Å². The van der Waals surface area contributed by atoms with Crippen LogP contribution in [0.15, 0.2) is 48.9 Å². The summed E-state index contributed by atoms with van der Waals surface area (Å²) in [6, 6.07) is 11.3. The molecule has 1 aliphatic heterocycles. The first-order valence-corrected chi connectivity index (χ1v) is 8.93. The number of benzene rings is 1. The number of anilines is 2. The van der Waals surface area contributed by atoms with Gasteiger partial charge in [0, 0.05) is 30.7 Å². The Balaban J connectivity index is 1.57. The van der Waals surface area contributed by atoms with Gasteiger partial charge in [-0.05, 0) is 30.9 Å². The van der Waals surface area contributed by atoms with E-state index in [1.165, 1.54) is 12.7 Å². The molecule has 0 radical (unpaired) electrons. The van der Waals surface area contributed by atoms with Crippen molar-refractivity contribution >= 4 is 28.3 Å². The first-order chi connectivity index (χ1) is 12.7. The third-order valence-electron chi connectivity index (χ3n) is 4.75. The Labute approximate surface area is 152 Å². The van der Waals surface area contributed by atoms with Crippen molar-refractivity contribution in [3.63, 3.8) is 0 Å². The molecule has 1 N–H and O–H groups in total. The molecular weight excluding hydrogens is 326 g/mol. The highest BCUT2D eigenvalue weighted by molar-refractivity contribution is 6.07. The second kappa shape index (κ2) is 7.07. The zero-order chi connectivity index (χ0) is 17.9. The lowest BCUT2D eigenvalue weighted by molar-refractivity contribution is 0.102. The summed E-state index contributed by atoms with van der Waals surface area (Å²) in [5, 5.41) is 3.91. The number of nitrogens with one attached hydrogen (secondary N) is 1. The summed E-state index contributed by atoms with van der Waals surface area (Å²) in [6.45, 7) is 4.18. The van der Waals surface area contributed by atoms with Gasteiger partial charge in [-0.1, -0.05) is 25.1 Å². The van der Waals surface area contributed by atoms with Crippen LogP contribution in [0.4, 0.5) is 11.5 Å². The third kappa shape index (κ3) is 3.35. The average molecular weight is 347 g/mol. The smallest absolute Gasteiger partial charge is 0.274 e. The molecule has 132 valence electrons. The van der Waals surface area contributed by atoms with E-state index in [1.807, 2.05) is 30.3 Å². The van der Waals surface area contributed by atoms with Crippen LogP contribution in [0.25, 0.3) is 10.9 Å². The van der Waals surface area contributed by atoms with Crippen molar-refractivity contribution in [1.82, 2.24) is 15.0 Å². The number of aromatic nitrogens is 3. The number of carbonyl (C=O) groups is 1. The second-order valence-electron chi connectivity index (χ2n) is 6.79.